The molecule has 0 saturated heterocycles. The van der Waals surface area contributed by atoms with Gasteiger partial charge in [-0.2, -0.15) is 0 Å². The number of hydrogen-bond donors (Lipinski definition) is 1. The molecule has 3 aromatic carbocycles. The summed E-state index contributed by atoms with van der Waals surface area (Å²) in [5.74, 6) is 0.704. The van der Waals surface area contributed by atoms with Gasteiger partial charge in [0.25, 0.3) is 0 Å². The van der Waals surface area contributed by atoms with E-state index in [9.17, 15) is 14.4 Å². The Morgan fingerprint density at radius 1 is 0.906 bits per heavy atom. The van der Waals surface area contributed by atoms with Crippen LogP contribution in [0.4, 0.5) is 5.69 Å². The maximum atomic E-state index is 12.5. The van der Waals surface area contributed by atoms with Crippen molar-refractivity contribution in [3.63, 3.8) is 0 Å². The predicted molar refractivity (Wildman–Crippen MR) is 123 cm³/mol. The van der Waals surface area contributed by atoms with Crippen molar-refractivity contribution in [2.24, 2.45) is 0 Å². The Hall–Kier alpha value is -4.19. The van der Waals surface area contributed by atoms with Crippen molar-refractivity contribution in [1.82, 2.24) is 0 Å². The average Bonchev–Trinajstić information content (AvgIpc) is 2.83. The van der Waals surface area contributed by atoms with Crippen molar-refractivity contribution >= 4 is 28.3 Å². The fourth-order valence-electron chi connectivity index (χ4n) is 3.34. The number of ketones is 1. The van der Waals surface area contributed by atoms with Crippen LogP contribution in [0.15, 0.2) is 88.1 Å². The minimum Gasteiger partial charge on any atom is -0.497 e. The van der Waals surface area contributed by atoms with E-state index in [1.807, 2.05) is 6.07 Å². The maximum Gasteiger partial charge on any atom is 0.224 e. The summed E-state index contributed by atoms with van der Waals surface area (Å²) < 4.78 is 11.0. The molecule has 0 saturated carbocycles. The molecular weight excluding hydrogens is 406 g/mol. The lowest BCUT2D eigenvalue weighted by molar-refractivity contribution is -0.116. The molecule has 1 heterocycles. The molecule has 6 heteroatoms. The van der Waals surface area contributed by atoms with Gasteiger partial charge < -0.3 is 14.5 Å². The fourth-order valence-corrected chi connectivity index (χ4v) is 3.34. The van der Waals surface area contributed by atoms with Gasteiger partial charge in [0.05, 0.1) is 12.5 Å². The quantitative estimate of drug-likeness (QED) is 0.416. The first-order chi connectivity index (χ1) is 15.5. The summed E-state index contributed by atoms with van der Waals surface area (Å²) >= 11 is 0. The normalized spacial score (nSPS) is 10.7. The summed E-state index contributed by atoms with van der Waals surface area (Å²) in [5, 5.41) is 3.23. The number of Topliss-reactive ketones (excluding diaryl/α,β-unsaturated/α-hetero) is 1. The van der Waals surface area contributed by atoms with Gasteiger partial charge in [0.15, 0.2) is 11.2 Å². The van der Waals surface area contributed by atoms with Crippen LogP contribution < -0.4 is 15.5 Å². The zero-order chi connectivity index (χ0) is 22.5. The smallest absolute Gasteiger partial charge is 0.224 e. The molecule has 0 spiro atoms. The first-order valence-electron chi connectivity index (χ1n) is 10.1. The van der Waals surface area contributed by atoms with E-state index in [0.717, 1.165) is 0 Å². The van der Waals surface area contributed by atoms with Crippen LogP contribution in [0, 0.1) is 0 Å². The molecule has 0 aliphatic rings. The zero-order valence-electron chi connectivity index (χ0n) is 17.5. The van der Waals surface area contributed by atoms with Crippen LogP contribution in [0.1, 0.15) is 23.2 Å². The molecule has 0 bridgehead atoms. The molecule has 0 aliphatic carbocycles. The van der Waals surface area contributed by atoms with Crippen LogP contribution in [0.25, 0.3) is 22.3 Å². The highest BCUT2D eigenvalue weighted by Crippen LogP contribution is 2.25. The van der Waals surface area contributed by atoms with Crippen LogP contribution in [0.2, 0.25) is 0 Å². The number of rotatable bonds is 7. The monoisotopic (exact) mass is 427 g/mol. The Bertz CT molecular complexity index is 1320. The lowest BCUT2D eigenvalue weighted by atomic mass is 10.1. The van der Waals surface area contributed by atoms with E-state index in [0.29, 0.717) is 39.3 Å². The van der Waals surface area contributed by atoms with E-state index >= 15 is 0 Å². The lowest BCUT2D eigenvalue weighted by Crippen LogP contribution is -2.13. The van der Waals surface area contributed by atoms with E-state index in [1.165, 1.54) is 6.07 Å². The highest BCUT2D eigenvalue weighted by molar-refractivity contribution is 6.00. The molecule has 1 N–H and O–H groups in total. The second kappa shape index (κ2) is 9.31. The van der Waals surface area contributed by atoms with Crippen molar-refractivity contribution < 1.29 is 18.7 Å². The number of methoxy groups -OCH3 is 1. The van der Waals surface area contributed by atoms with Crippen molar-refractivity contribution in [2.75, 3.05) is 12.4 Å². The summed E-state index contributed by atoms with van der Waals surface area (Å²) in [6.45, 7) is 0. The molecular formula is C26H21NO5. The van der Waals surface area contributed by atoms with E-state index in [1.54, 1.807) is 73.8 Å². The number of carbonyl (C=O) groups excluding carboxylic acids is 2. The number of amides is 1. The molecule has 32 heavy (non-hydrogen) atoms. The zero-order valence-corrected chi connectivity index (χ0v) is 17.5. The van der Waals surface area contributed by atoms with Gasteiger partial charge >= 0.3 is 0 Å². The second-order valence-corrected chi connectivity index (χ2v) is 7.25. The van der Waals surface area contributed by atoms with Gasteiger partial charge in [-0.05, 0) is 42.5 Å². The van der Waals surface area contributed by atoms with Crippen LogP contribution in [0.3, 0.4) is 0 Å². The van der Waals surface area contributed by atoms with E-state index in [2.05, 4.69) is 5.32 Å². The molecule has 4 rings (SSSR count). The molecule has 0 unspecified atom stereocenters. The molecule has 1 amide bonds. The summed E-state index contributed by atoms with van der Waals surface area (Å²) in [4.78, 5) is 36.8. The highest BCUT2D eigenvalue weighted by Gasteiger charge is 2.11. The summed E-state index contributed by atoms with van der Waals surface area (Å²) in [5.41, 5.74) is 2.20. The van der Waals surface area contributed by atoms with Crippen molar-refractivity contribution in [3.05, 3.63) is 94.6 Å². The van der Waals surface area contributed by atoms with E-state index in [-0.39, 0.29) is 30.0 Å². The molecule has 0 fully saturated rings. The number of fused-ring (bicyclic) bond motifs is 1. The number of carbonyl (C=O) groups is 2. The van der Waals surface area contributed by atoms with Crippen LogP contribution in [-0.2, 0) is 4.79 Å². The summed E-state index contributed by atoms with van der Waals surface area (Å²) in [6.07, 6.45) is 0.236. The second-order valence-electron chi connectivity index (χ2n) is 7.25. The molecule has 6 nitrogen and oxygen atoms in total. The van der Waals surface area contributed by atoms with Gasteiger partial charge in [-0.15, -0.1) is 0 Å². The van der Waals surface area contributed by atoms with Crippen LogP contribution in [-0.4, -0.2) is 18.8 Å². The molecule has 1 aromatic heterocycles. The summed E-state index contributed by atoms with van der Waals surface area (Å²) in [7, 11) is 1.54. The average molecular weight is 427 g/mol. The fraction of sp³-hybridized carbons (Fsp3) is 0.115. The first kappa shape index (κ1) is 21.1. The van der Waals surface area contributed by atoms with Gasteiger partial charge in [-0.3, -0.25) is 14.4 Å². The summed E-state index contributed by atoms with van der Waals surface area (Å²) in [6, 6.07) is 22.4. The van der Waals surface area contributed by atoms with Gasteiger partial charge in [-0.25, -0.2) is 0 Å². The third-order valence-electron chi connectivity index (χ3n) is 5.06. The third-order valence-corrected chi connectivity index (χ3v) is 5.06. The number of hydrogen-bond acceptors (Lipinski definition) is 5. The SMILES string of the molecule is COc1ccc2oc(-c3ccc(NC(=O)CCC(=O)c4ccccc4)cc3)cc(=O)c2c1. The first-order valence-corrected chi connectivity index (χ1v) is 10.1. The Morgan fingerprint density at radius 2 is 1.66 bits per heavy atom. The molecule has 160 valence electrons. The van der Waals surface area contributed by atoms with Gasteiger partial charge in [0.2, 0.25) is 5.91 Å². The highest BCUT2D eigenvalue weighted by atomic mass is 16.5. The number of anilines is 1. The van der Waals surface area contributed by atoms with E-state index in [4.69, 9.17) is 9.15 Å². The lowest BCUT2D eigenvalue weighted by Gasteiger charge is -2.08. The van der Waals surface area contributed by atoms with Gasteiger partial charge in [0.1, 0.15) is 17.1 Å². The minimum atomic E-state index is -0.242. The maximum absolute atomic E-state index is 12.5. The number of ether oxygens (including phenoxy) is 1. The number of benzene rings is 3. The third kappa shape index (κ3) is 4.75. The van der Waals surface area contributed by atoms with Crippen molar-refractivity contribution in [1.29, 1.82) is 0 Å². The minimum absolute atomic E-state index is 0.0694. The van der Waals surface area contributed by atoms with Crippen molar-refractivity contribution in [2.45, 2.75) is 12.8 Å². The largest absolute Gasteiger partial charge is 0.497 e. The van der Waals surface area contributed by atoms with Crippen LogP contribution in [0.5, 0.6) is 5.75 Å². The molecule has 0 aliphatic heterocycles. The standard InChI is InChI=1S/C26H21NO5/c1-31-20-11-13-24-21(15-20)23(29)16-25(32-24)18-7-9-19(10-8-18)27-26(30)14-12-22(28)17-5-3-2-4-6-17/h2-11,13,15-16H,12,14H2,1H3,(H,27,30). The molecule has 0 atom stereocenters. The van der Waals surface area contributed by atoms with Gasteiger partial charge in [0, 0.05) is 35.7 Å². The molecule has 4 aromatic rings. The Labute approximate surface area is 184 Å². The predicted octanol–water partition coefficient (Wildman–Crippen LogP) is 5.07. The Balaban J connectivity index is 1.42. The molecule has 0 radical (unpaired) electrons. The van der Waals surface area contributed by atoms with Gasteiger partial charge in [-0.1, -0.05) is 30.3 Å². The van der Waals surface area contributed by atoms with Crippen molar-refractivity contribution in [3.8, 4) is 17.1 Å². The van der Waals surface area contributed by atoms with Crippen LogP contribution >= 0.6 is 0 Å². The Morgan fingerprint density at radius 3 is 2.38 bits per heavy atom. The topological polar surface area (TPSA) is 85.6 Å². The van der Waals surface area contributed by atoms with E-state index < -0.39 is 0 Å². The Kier molecular flexibility index (Phi) is 6.12. The number of nitrogens with one attached hydrogen (secondary N) is 1.